The van der Waals surface area contributed by atoms with E-state index in [9.17, 15) is 9.59 Å². The van der Waals surface area contributed by atoms with Gasteiger partial charge in [-0.1, -0.05) is 13.8 Å². The summed E-state index contributed by atoms with van der Waals surface area (Å²) in [6, 6.07) is -0.294. The van der Waals surface area contributed by atoms with Crippen LogP contribution in [0.5, 0.6) is 0 Å². The first-order valence-electron chi connectivity index (χ1n) is 6.09. The Morgan fingerprint density at radius 3 is 2.63 bits per heavy atom. The molecule has 0 bridgehead atoms. The topological polar surface area (TPSA) is 89.5 Å². The van der Waals surface area contributed by atoms with Crippen LogP contribution in [-0.2, 0) is 11.3 Å². The summed E-state index contributed by atoms with van der Waals surface area (Å²) in [6.07, 6.45) is 3.33. The number of carboxylic acids is 1. The minimum absolute atomic E-state index is 0.214. The van der Waals surface area contributed by atoms with Crippen molar-refractivity contribution in [1.82, 2.24) is 20.0 Å². The highest BCUT2D eigenvalue weighted by molar-refractivity contribution is 5.80. The van der Waals surface area contributed by atoms with Gasteiger partial charge < -0.3 is 14.9 Å². The number of nitrogens with zero attached hydrogens (tertiary/aromatic N) is 3. The summed E-state index contributed by atoms with van der Waals surface area (Å²) in [7, 11) is 1.64. The third kappa shape index (κ3) is 4.99. The summed E-state index contributed by atoms with van der Waals surface area (Å²) in [6.45, 7) is 4.41. The number of rotatable bonds is 6. The minimum atomic E-state index is -1.01. The summed E-state index contributed by atoms with van der Waals surface area (Å²) in [5.41, 5.74) is 0.871. The van der Waals surface area contributed by atoms with Gasteiger partial charge in [0.25, 0.3) is 0 Å². The second kappa shape index (κ2) is 6.77. The van der Waals surface area contributed by atoms with Gasteiger partial charge in [-0.25, -0.2) is 4.79 Å². The Hall–Kier alpha value is -2.05. The number of aromatic nitrogens is 2. The van der Waals surface area contributed by atoms with E-state index in [0.717, 1.165) is 5.56 Å². The molecule has 0 aliphatic carbocycles. The van der Waals surface area contributed by atoms with E-state index in [1.54, 1.807) is 19.4 Å². The lowest BCUT2D eigenvalue weighted by Crippen LogP contribution is -2.45. The van der Waals surface area contributed by atoms with Crippen LogP contribution in [0.3, 0.4) is 0 Å². The third-order valence-corrected chi connectivity index (χ3v) is 2.48. The molecule has 0 saturated carbocycles. The lowest BCUT2D eigenvalue weighted by Gasteiger charge is -2.28. The van der Waals surface area contributed by atoms with Crippen LogP contribution in [0.2, 0.25) is 0 Å². The van der Waals surface area contributed by atoms with Crippen molar-refractivity contribution in [1.29, 1.82) is 0 Å². The normalized spacial score (nSPS) is 10.5. The van der Waals surface area contributed by atoms with E-state index in [2.05, 4.69) is 10.2 Å². The first-order valence-corrected chi connectivity index (χ1v) is 6.09. The van der Waals surface area contributed by atoms with E-state index in [1.165, 1.54) is 9.80 Å². The van der Waals surface area contributed by atoms with E-state index >= 15 is 0 Å². The quantitative estimate of drug-likeness (QED) is 0.805. The van der Waals surface area contributed by atoms with Gasteiger partial charge in [-0.15, -0.1) is 0 Å². The van der Waals surface area contributed by atoms with Crippen LogP contribution in [0.1, 0.15) is 19.4 Å². The van der Waals surface area contributed by atoms with Crippen molar-refractivity contribution in [2.24, 2.45) is 5.92 Å². The average molecular weight is 268 g/mol. The summed E-state index contributed by atoms with van der Waals surface area (Å²) in [5.74, 6) is -0.795. The molecular weight excluding hydrogens is 248 g/mol. The molecule has 2 N–H and O–H groups in total. The van der Waals surface area contributed by atoms with E-state index in [-0.39, 0.29) is 18.5 Å². The van der Waals surface area contributed by atoms with Crippen molar-refractivity contribution in [2.45, 2.75) is 20.4 Å². The van der Waals surface area contributed by atoms with Crippen molar-refractivity contribution in [3.63, 3.8) is 0 Å². The van der Waals surface area contributed by atoms with Crippen molar-refractivity contribution in [3.05, 3.63) is 18.0 Å². The Balaban J connectivity index is 2.66. The lowest BCUT2D eigenvalue weighted by atomic mass is 10.2. The van der Waals surface area contributed by atoms with Crippen LogP contribution >= 0.6 is 0 Å². The Labute approximate surface area is 112 Å². The van der Waals surface area contributed by atoms with Crippen molar-refractivity contribution < 1.29 is 14.7 Å². The number of nitrogens with one attached hydrogen (secondary N) is 1. The second-order valence-corrected chi connectivity index (χ2v) is 4.91. The number of amides is 2. The zero-order valence-electron chi connectivity index (χ0n) is 11.5. The molecular formula is C12H20N4O3. The molecule has 0 aromatic carbocycles. The number of hydrogen-bond donors (Lipinski definition) is 2. The molecule has 2 amide bonds. The fourth-order valence-corrected chi connectivity index (χ4v) is 1.76. The van der Waals surface area contributed by atoms with Gasteiger partial charge in [0.1, 0.15) is 6.54 Å². The molecule has 0 aliphatic rings. The lowest BCUT2D eigenvalue weighted by molar-refractivity contribution is -0.137. The molecule has 1 rings (SSSR count). The molecule has 7 heteroatoms. The Kier molecular flexibility index (Phi) is 5.35. The van der Waals surface area contributed by atoms with Crippen LogP contribution in [0.15, 0.2) is 12.4 Å². The number of H-pyrrole nitrogens is 1. The standard InChI is InChI=1S/C12H20N4O3/c1-9(2)6-16(8-11(17)18)12(19)15(3)7-10-4-13-14-5-10/h4-5,9H,6-8H2,1-3H3,(H,13,14)(H,17,18). The highest BCUT2D eigenvalue weighted by Crippen LogP contribution is 2.06. The minimum Gasteiger partial charge on any atom is -0.480 e. The molecule has 0 aliphatic heterocycles. The number of aliphatic carboxylic acids is 1. The van der Waals surface area contributed by atoms with E-state index in [4.69, 9.17) is 5.11 Å². The SMILES string of the molecule is CC(C)CN(CC(=O)O)C(=O)N(C)Cc1cn[nH]c1. The van der Waals surface area contributed by atoms with Gasteiger partial charge in [-0.3, -0.25) is 9.89 Å². The smallest absolute Gasteiger partial charge is 0.323 e. The maximum atomic E-state index is 12.2. The van der Waals surface area contributed by atoms with E-state index in [1.807, 2.05) is 13.8 Å². The number of hydrogen-bond acceptors (Lipinski definition) is 3. The zero-order chi connectivity index (χ0) is 14.4. The van der Waals surface area contributed by atoms with Crippen LogP contribution in [0.4, 0.5) is 4.79 Å². The highest BCUT2D eigenvalue weighted by atomic mass is 16.4. The molecule has 1 heterocycles. The average Bonchev–Trinajstić information content (AvgIpc) is 2.78. The van der Waals surface area contributed by atoms with Gasteiger partial charge in [0.15, 0.2) is 0 Å². The van der Waals surface area contributed by atoms with E-state index in [0.29, 0.717) is 13.1 Å². The van der Waals surface area contributed by atoms with E-state index < -0.39 is 5.97 Å². The summed E-state index contributed by atoms with van der Waals surface area (Å²) >= 11 is 0. The summed E-state index contributed by atoms with van der Waals surface area (Å²) < 4.78 is 0. The number of aromatic amines is 1. The first-order chi connectivity index (χ1) is 8.90. The van der Waals surface area contributed by atoms with Crippen molar-refractivity contribution in [2.75, 3.05) is 20.1 Å². The Morgan fingerprint density at radius 2 is 2.16 bits per heavy atom. The van der Waals surface area contributed by atoms with Crippen LogP contribution in [0.25, 0.3) is 0 Å². The molecule has 7 nitrogen and oxygen atoms in total. The molecule has 1 aromatic rings. The molecule has 0 atom stereocenters. The molecule has 0 spiro atoms. The van der Waals surface area contributed by atoms with Crippen molar-refractivity contribution >= 4 is 12.0 Å². The number of carboxylic acid groups (broad SMARTS) is 1. The van der Waals surface area contributed by atoms with Crippen LogP contribution in [-0.4, -0.2) is 57.2 Å². The third-order valence-electron chi connectivity index (χ3n) is 2.48. The zero-order valence-corrected chi connectivity index (χ0v) is 11.5. The fourth-order valence-electron chi connectivity index (χ4n) is 1.76. The van der Waals surface area contributed by atoms with Gasteiger partial charge in [0.05, 0.1) is 12.7 Å². The maximum Gasteiger partial charge on any atom is 0.323 e. The van der Waals surface area contributed by atoms with Gasteiger partial charge in [-0.2, -0.15) is 5.10 Å². The second-order valence-electron chi connectivity index (χ2n) is 4.91. The van der Waals surface area contributed by atoms with Gasteiger partial charge >= 0.3 is 12.0 Å². The van der Waals surface area contributed by atoms with Crippen LogP contribution < -0.4 is 0 Å². The molecule has 0 radical (unpaired) electrons. The maximum absolute atomic E-state index is 12.2. The predicted molar refractivity (Wildman–Crippen MR) is 69.5 cm³/mol. The molecule has 0 fully saturated rings. The summed E-state index contributed by atoms with van der Waals surface area (Å²) in [5, 5.41) is 15.3. The number of carbonyl (C=O) groups excluding carboxylic acids is 1. The number of carbonyl (C=O) groups is 2. The Morgan fingerprint density at radius 1 is 1.47 bits per heavy atom. The molecule has 19 heavy (non-hydrogen) atoms. The van der Waals surface area contributed by atoms with Gasteiger partial charge in [-0.05, 0) is 5.92 Å². The first kappa shape index (κ1) is 15.0. The molecule has 106 valence electrons. The Bertz CT molecular complexity index is 417. The molecule has 1 aromatic heterocycles. The van der Waals surface area contributed by atoms with Crippen LogP contribution in [0, 0.1) is 5.92 Å². The largest absolute Gasteiger partial charge is 0.480 e. The number of urea groups is 1. The monoisotopic (exact) mass is 268 g/mol. The molecule has 0 unspecified atom stereocenters. The van der Waals surface area contributed by atoms with Gasteiger partial charge in [0.2, 0.25) is 0 Å². The van der Waals surface area contributed by atoms with Crippen molar-refractivity contribution in [3.8, 4) is 0 Å². The molecule has 0 saturated heterocycles. The fraction of sp³-hybridized carbons (Fsp3) is 0.583. The highest BCUT2D eigenvalue weighted by Gasteiger charge is 2.21. The summed E-state index contributed by atoms with van der Waals surface area (Å²) in [4.78, 5) is 25.8. The predicted octanol–water partition coefficient (Wildman–Crippen LogP) is 1.00. The van der Waals surface area contributed by atoms with Gasteiger partial charge in [0, 0.05) is 25.4 Å².